The van der Waals surface area contributed by atoms with Crippen LogP contribution in [0.2, 0.25) is 0 Å². The zero-order valence-electron chi connectivity index (χ0n) is 14.4. The fraction of sp³-hybridized carbons (Fsp3) is 0.105. The van der Waals surface area contributed by atoms with Crippen molar-refractivity contribution >= 4 is 33.8 Å². The minimum atomic E-state index is -0.583. The highest BCUT2D eigenvalue weighted by Crippen LogP contribution is 2.28. The summed E-state index contributed by atoms with van der Waals surface area (Å²) in [5.41, 5.74) is 7.26. The number of aromatic hydroxyl groups is 1. The number of hydrogen-bond donors (Lipinski definition) is 5. The van der Waals surface area contributed by atoms with Crippen molar-refractivity contribution in [2.75, 3.05) is 16.4 Å². The summed E-state index contributed by atoms with van der Waals surface area (Å²) in [7, 11) is 0. The van der Waals surface area contributed by atoms with Gasteiger partial charge in [-0.25, -0.2) is 0 Å². The summed E-state index contributed by atoms with van der Waals surface area (Å²) in [6, 6.07) is 11.7. The SMILES string of the molecule is C[C@@H](Nc1c(Nc2ccc3[nH]nc(N)c3c2)c(=O)c1=O)c1cccc(O)c1. The molecule has 0 radical (unpaired) electrons. The van der Waals surface area contributed by atoms with Gasteiger partial charge >= 0.3 is 0 Å². The van der Waals surface area contributed by atoms with Crippen LogP contribution >= 0.6 is 0 Å². The van der Waals surface area contributed by atoms with Crippen LogP contribution in [0.25, 0.3) is 10.9 Å². The molecule has 0 fully saturated rings. The minimum absolute atomic E-state index is 0.135. The van der Waals surface area contributed by atoms with Gasteiger partial charge in [0.25, 0.3) is 10.9 Å². The minimum Gasteiger partial charge on any atom is -0.508 e. The zero-order chi connectivity index (χ0) is 19.1. The van der Waals surface area contributed by atoms with E-state index in [1.807, 2.05) is 13.0 Å². The average Bonchev–Trinajstić information content (AvgIpc) is 3.04. The molecule has 0 spiro atoms. The molecule has 0 unspecified atom stereocenters. The molecule has 0 aliphatic heterocycles. The highest BCUT2D eigenvalue weighted by molar-refractivity contribution is 5.92. The van der Waals surface area contributed by atoms with E-state index in [1.54, 1.807) is 36.4 Å². The van der Waals surface area contributed by atoms with Crippen LogP contribution < -0.4 is 27.2 Å². The Morgan fingerprint density at radius 2 is 1.89 bits per heavy atom. The maximum Gasteiger partial charge on any atom is 0.253 e. The largest absolute Gasteiger partial charge is 0.508 e. The third kappa shape index (κ3) is 2.86. The lowest BCUT2D eigenvalue weighted by molar-refractivity contribution is 0.474. The van der Waals surface area contributed by atoms with E-state index in [1.165, 1.54) is 0 Å². The third-order valence-electron chi connectivity index (χ3n) is 4.50. The summed E-state index contributed by atoms with van der Waals surface area (Å²) in [5.74, 6) is 0.491. The van der Waals surface area contributed by atoms with Gasteiger partial charge in [0.15, 0.2) is 5.82 Å². The van der Waals surface area contributed by atoms with Crippen molar-refractivity contribution in [3.05, 3.63) is 68.5 Å². The van der Waals surface area contributed by atoms with Gasteiger partial charge in [0.2, 0.25) is 0 Å². The number of phenolic OH excluding ortho intramolecular Hbond substituents is 1. The van der Waals surface area contributed by atoms with Crippen molar-refractivity contribution in [3.8, 4) is 5.75 Å². The van der Waals surface area contributed by atoms with Gasteiger partial charge < -0.3 is 21.5 Å². The fourth-order valence-electron chi connectivity index (χ4n) is 3.00. The maximum absolute atomic E-state index is 12.0. The summed E-state index contributed by atoms with van der Waals surface area (Å²) in [4.78, 5) is 24.1. The van der Waals surface area contributed by atoms with E-state index < -0.39 is 10.9 Å². The predicted octanol–water partition coefficient (Wildman–Crippen LogP) is 2.36. The van der Waals surface area contributed by atoms with E-state index in [0.29, 0.717) is 11.5 Å². The lowest BCUT2D eigenvalue weighted by Gasteiger charge is -2.20. The molecule has 0 bridgehead atoms. The zero-order valence-corrected chi connectivity index (χ0v) is 14.4. The Bertz CT molecular complexity index is 1220. The van der Waals surface area contributed by atoms with Gasteiger partial charge in [-0.1, -0.05) is 12.1 Å². The monoisotopic (exact) mass is 363 g/mol. The van der Waals surface area contributed by atoms with Gasteiger partial charge in [0, 0.05) is 17.1 Å². The van der Waals surface area contributed by atoms with Crippen molar-refractivity contribution in [2.45, 2.75) is 13.0 Å². The van der Waals surface area contributed by atoms with E-state index in [4.69, 9.17) is 5.73 Å². The lowest BCUT2D eigenvalue weighted by Crippen LogP contribution is -2.37. The molecule has 8 nitrogen and oxygen atoms in total. The van der Waals surface area contributed by atoms with Gasteiger partial charge in [0.05, 0.1) is 5.52 Å². The van der Waals surface area contributed by atoms with E-state index >= 15 is 0 Å². The number of rotatable bonds is 5. The molecule has 0 amide bonds. The molecule has 0 aliphatic carbocycles. The van der Waals surface area contributed by atoms with Crippen LogP contribution in [0.3, 0.4) is 0 Å². The Balaban J connectivity index is 1.61. The highest BCUT2D eigenvalue weighted by Gasteiger charge is 2.23. The van der Waals surface area contributed by atoms with Crippen molar-refractivity contribution in [1.82, 2.24) is 10.2 Å². The lowest BCUT2D eigenvalue weighted by atomic mass is 10.1. The van der Waals surface area contributed by atoms with Crippen molar-refractivity contribution in [1.29, 1.82) is 0 Å². The first-order chi connectivity index (χ1) is 12.9. The Morgan fingerprint density at radius 3 is 2.67 bits per heavy atom. The second-order valence-corrected chi connectivity index (χ2v) is 6.36. The first kappa shape index (κ1) is 16.6. The van der Waals surface area contributed by atoms with Crippen LogP contribution in [0.5, 0.6) is 5.75 Å². The first-order valence-corrected chi connectivity index (χ1v) is 8.33. The smallest absolute Gasteiger partial charge is 0.253 e. The summed E-state index contributed by atoms with van der Waals surface area (Å²) >= 11 is 0. The Labute approximate surface area is 153 Å². The number of aromatic amines is 1. The standard InChI is InChI=1S/C19H17N5O3/c1-9(10-3-2-4-12(25)7-10)21-15-16(18(27)17(15)26)22-11-5-6-14-13(8-11)19(20)24-23-14/h2-9,21-22,25H,1H3,(H3,20,23,24)/t9-/m1/s1. The molecule has 0 saturated carbocycles. The number of nitrogen functional groups attached to an aromatic ring is 1. The highest BCUT2D eigenvalue weighted by atomic mass is 16.3. The van der Waals surface area contributed by atoms with Crippen molar-refractivity contribution < 1.29 is 5.11 Å². The Kier molecular flexibility index (Phi) is 3.80. The van der Waals surface area contributed by atoms with Crippen LogP contribution in [0.1, 0.15) is 18.5 Å². The molecule has 0 aliphatic rings. The van der Waals surface area contributed by atoms with E-state index in [0.717, 1.165) is 16.5 Å². The van der Waals surface area contributed by atoms with Gasteiger partial charge in [-0.3, -0.25) is 14.7 Å². The molecular weight excluding hydrogens is 346 g/mol. The number of fused-ring (bicyclic) bond motifs is 1. The molecular formula is C19H17N5O3. The summed E-state index contributed by atoms with van der Waals surface area (Å²) in [6.45, 7) is 1.84. The van der Waals surface area contributed by atoms with Gasteiger partial charge in [0.1, 0.15) is 17.1 Å². The number of hydrogen-bond acceptors (Lipinski definition) is 7. The maximum atomic E-state index is 12.0. The van der Waals surface area contributed by atoms with E-state index in [9.17, 15) is 14.7 Å². The molecule has 8 heteroatoms. The molecule has 1 atom stereocenters. The Hall–Kier alpha value is -3.81. The molecule has 136 valence electrons. The quantitative estimate of drug-likeness (QED) is 0.344. The molecule has 4 aromatic rings. The average molecular weight is 363 g/mol. The molecule has 27 heavy (non-hydrogen) atoms. The molecule has 0 saturated heterocycles. The number of aromatic nitrogens is 2. The second-order valence-electron chi connectivity index (χ2n) is 6.36. The number of anilines is 4. The first-order valence-electron chi connectivity index (χ1n) is 8.33. The summed E-state index contributed by atoms with van der Waals surface area (Å²) in [6.07, 6.45) is 0. The predicted molar refractivity (Wildman–Crippen MR) is 105 cm³/mol. The molecule has 3 aromatic carbocycles. The van der Waals surface area contributed by atoms with Crippen LogP contribution in [-0.2, 0) is 0 Å². The molecule has 4 rings (SSSR count). The summed E-state index contributed by atoms with van der Waals surface area (Å²) < 4.78 is 0. The number of nitrogens with one attached hydrogen (secondary N) is 3. The van der Waals surface area contributed by atoms with Crippen LogP contribution in [0, 0.1) is 0 Å². The van der Waals surface area contributed by atoms with E-state index in [-0.39, 0.29) is 23.2 Å². The molecule has 1 aromatic heterocycles. The van der Waals surface area contributed by atoms with Crippen LogP contribution in [-0.4, -0.2) is 15.3 Å². The summed E-state index contributed by atoms with van der Waals surface area (Å²) in [5, 5.41) is 23.1. The number of benzene rings is 2. The van der Waals surface area contributed by atoms with Gasteiger partial charge in [-0.2, -0.15) is 5.10 Å². The Morgan fingerprint density at radius 1 is 1.11 bits per heavy atom. The number of nitrogens with two attached hydrogens (primary N) is 1. The topological polar surface area (TPSA) is 133 Å². The van der Waals surface area contributed by atoms with Gasteiger partial charge in [-0.05, 0) is 42.8 Å². The third-order valence-corrected chi connectivity index (χ3v) is 4.50. The number of phenols is 1. The normalized spacial score (nSPS) is 12.3. The van der Waals surface area contributed by atoms with Crippen molar-refractivity contribution in [2.24, 2.45) is 0 Å². The second kappa shape index (κ2) is 6.17. The van der Waals surface area contributed by atoms with Crippen LogP contribution in [0.4, 0.5) is 22.9 Å². The van der Waals surface area contributed by atoms with E-state index in [2.05, 4.69) is 20.8 Å². The van der Waals surface area contributed by atoms with Crippen molar-refractivity contribution in [3.63, 3.8) is 0 Å². The fourth-order valence-corrected chi connectivity index (χ4v) is 3.00. The number of nitrogens with zero attached hydrogens (tertiary/aromatic N) is 1. The van der Waals surface area contributed by atoms with Gasteiger partial charge in [-0.15, -0.1) is 0 Å². The molecule has 1 heterocycles. The van der Waals surface area contributed by atoms with Crippen LogP contribution in [0.15, 0.2) is 52.1 Å². The number of H-pyrrole nitrogens is 1. The molecule has 6 N–H and O–H groups in total.